The molecule has 0 spiro atoms. The second-order valence-corrected chi connectivity index (χ2v) is 5.30. The van der Waals surface area contributed by atoms with Crippen LogP contribution in [0.2, 0.25) is 0 Å². The van der Waals surface area contributed by atoms with Crippen molar-refractivity contribution in [2.24, 2.45) is 0 Å². The van der Waals surface area contributed by atoms with Crippen molar-refractivity contribution in [3.63, 3.8) is 0 Å². The summed E-state index contributed by atoms with van der Waals surface area (Å²) in [6.45, 7) is 3.82. The van der Waals surface area contributed by atoms with Gasteiger partial charge in [0.25, 0.3) is 0 Å². The van der Waals surface area contributed by atoms with Gasteiger partial charge in [-0.15, -0.1) is 15.3 Å². The molecule has 1 amide bonds. The fraction of sp³-hybridized carbons (Fsp3) is 0.231. The Bertz CT molecular complexity index is 776. The van der Waals surface area contributed by atoms with E-state index in [1.165, 1.54) is 11.3 Å². The molecular weight excluding hydrogens is 274 g/mol. The molecule has 7 heteroatoms. The van der Waals surface area contributed by atoms with Gasteiger partial charge in [0.1, 0.15) is 0 Å². The first kappa shape index (κ1) is 12.7. The number of nitrogens with zero attached hydrogens (tertiary/aromatic N) is 4. The number of benzene rings is 1. The smallest absolute Gasteiger partial charge is 0.236 e. The molecule has 0 fully saturated rings. The normalized spacial score (nSPS) is 10.9. The van der Waals surface area contributed by atoms with Gasteiger partial charge < -0.3 is 5.32 Å². The summed E-state index contributed by atoms with van der Waals surface area (Å²) in [7, 11) is 0. The largest absolute Gasteiger partial charge is 0.301 e. The van der Waals surface area contributed by atoms with Gasteiger partial charge in [0, 0.05) is 12.0 Å². The molecule has 1 aromatic carbocycles. The van der Waals surface area contributed by atoms with Gasteiger partial charge in [-0.2, -0.15) is 4.52 Å². The summed E-state index contributed by atoms with van der Waals surface area (Å²) in [4.78, 5) is 12.1. The number of hydrogen-bond donors (Lipinski definition) is 1. The minimum Gasteiger partial charge on any atom is -0.301 e. The monoisotopic (exact) mass is 287 g/mol. The van der Waals surface area contributed by atoms with Gasteiger partial charge >= 0.3 is 0 Å². The molecule has 102 valence electrons. The highest BCUT2D eigenvalue weighted by atomic mass is 32.1. The molecule has 2 aromatic heterocycles. The first-order valence-electron chi connectivity index (χ1n) is 6.27. The Balaban J connectivity index is 2.05. The highest BCUT2D eigenvalue weighted by molar-refractivity contribution is 7.20. The molecule has 0 atom stereocenters. The zero-order valence-electron chi connectivity index (χ0n) is 11.1. The minimum atomic E-state index is -0.0626. The Morgan fingerprint density at radius 3 is 2.90 bits per heavy atom. The van der Waals surface area contributed by atoms with E-state index in [-0.39, 0.29) is 5.91 Å². The van der Waals surface area contributed by atoms with Crippen LogP contribution in [-0.4, -0.2) is 25.7 Å². The van der Waals surface area contributed by atoms with Crippen LogP contribution < -0.4 is 5.32 Å². The van der Waals surface area contributed by atoms with Gasteiger partial charge in [0.05, 0.1) is 0 Å². The summed E-state index contributed by atoms with van der Waals surface area (Å²) in [5, 5.41) is 15.9. The molecule has 0 bridgehead atoms. The summed E-state index contributed by atoms with van der Waals surface area (Å²) in [6, 6.07) is 7.93. The fourth-order valence-corrected chi connectivity index (χ4v) is 2.62. The molecule has 0 unspecified atom stereocenters. The quantitative estimate of drug-likeness (QED) is 0.803. The maximum atomic E-state index is 11.4. The summed E-state index contributed by atoms with van der Waals surface area (Å²) in [5.41, 5.74) is 2.09. The van der Waals surface area contributed by atoms with E-state index < -0.39 is 0 Å². The van der Waals surface area contributed by atoms with Crippen LogP contribution in [0.25, 0.3) is 16.3 Å². The van der Waals surface area contributed by atoms with Crippen LogP contribution >= 0.6 is 11.3 Å². The molecule has 2 heterocycles. The van der Waals surface area contributed by atoms with Gasteiger partial charge in [-0.25, -0.2) is 0 Å². The lowest BCUT2D eigenvalue weighted by Crippen LogP contribution is -2.09. The van der Waals surface area contributed by atoms with E-state index in [1.807, 2.05) is 31.2 Å². The van der Waals surface area contributed by atoms with Crippen LogP contribution in [-0.2, 0) is 4.79 Å². The van der Waals surface area contributed by atoms with Crippen LogP contribution in [0.4, 0.5) is 5.13 Å². The van der Waals surface area contributed by atoms with Crippen LogP contribution in [0.1, 0.15) is 18.9 Å². The van der Waals surface area contributed by atoms with E-state index in [1.54, 1.807) is 11.4 Å². The van der Waals surface area contributed by atoms with Gasteiger partial charge in [0.15, 0.2) is 5.82 Å². The van der Waals surface area contributed by atoms with Crippen molar-refractivity contribution >= 4 is 27.3 Å². The molecular formula is C13H13N5OS. The molecule has 0 radical (unpaired) electrons. The Morgan fingerprint density at radius 1 is 1.35 bits per heavy atom. The second kappa shape index (κ2) is 5.01. The number of hydrogen-bond acceptors (Lipinski definition) is 5. The average molecular weight is 287 g/mol. The molecule has 0 aliphatic heterocycles. The number of carbonyl (C=O) groups excluding carboxylic acids is 1. The Labute approximate surface area is 119 Å². The van der Waals surface area contributed by atoms with Gasteiger partial charge in [-0.1, -0.05) is 42.5 Å². The van der Waals surface area contributed by atoms with E-state index >= 15 is 0 Å². The number of carbonyl (C=O) groups is 1. The molecule has 0 saturated heterocycles. The van der Waals surface area contributed by atoms with Crippen molar-refractivity contribution in [3.05, 3.63) is 29.8 Å². The third-order valence-corrected chi connectivity index (χ3v) is 3.76. The Kier molecular flexibility index (Phi) is 3.19. The van der Waals surface area contributed by atoms with Crippen molar-refractivity contribution in [1.29, 1.82) is 0 Å². The number of rotatable bonds is 3. The third-order valence-electron chi connectivity index (χ3n) is 2.94. The maximum Gasteiger partial charge on any atom is 0.236 e. The molecule has 0 aliphatic carbocycles. The van der Waals surface area contributed by atoms with Crippen LogP contribution in [0.5, 0.6) is 0 Å². The minimum absolute atomic E-state index is 0.0626. The van der Waals surface area contributed by atoms with E-state index in [0.717, 1.165) is 11.1 Å². The first-order chi connectivity index (χ1) is 9.69. The predicted molar refractivity (Wildman–Crippen MR) is 77.8 cm³/mol. The molecule has 6 nitrogen and oxygen atoms in total. The highest BCUT2D eigenvalue weighted by Gasteiger charge is 2.15. The number of fused-ring (bicyclic) bond motifs is 1. The lowest BCUT2D eigenvalue weighted by Gasteiger charge is -2.01. The Morgan fingerprint density at radius 2 is 2.15 bits per heavy atom. The van der Waals surface area contributed by atoms with E-state index in [4.69, 9.17) is 0 Å². The standard InChI is InChI=1S/C13H13N5OS/c1-3-10(19)14-12-17-18-11(15-16-13(18)20-12)9-7-5-4-6-8(9)2/h4-7H,3H2,1-2H3,(H,14,17,19). The van der Waals surface area contributed by atoms with E-state index in [9.17, 15) is 4.79 Å². The molecule has 3 rings (SSSR count). The molecule has 0 aliphatic rings. The molecule has 1 N–H and O–H groups in total. The number of aromatic nitrogens is 4. The maximum absolute atomic E-state index is 11.4. The van der Waals surface area contributed by atoms with E-state index in [0.29, 0.717) is 22.3 Å². The highest BCUT2D eigenvalue weighted by Crippen LogP contribution is 2.25. The van der Waals surface area contributed by atoms with Crippen molar-refractivity contribution in [2.45, 2.75) is 20.3 Å². The predicted octanol–water partition coefficient (Wildman–Crippen LogP) is 2.51. The molecule has 3 aromatic rings. The lowest BCUT2D eigenvalue weighted by molar-refractivity contribution is -0.115. The van der Waals surface area contributed by atoms with Gasteiger partial charge in [-0.05, 0) is 12.5 Å². The summed E-state index contributed by atoms with van der Waals surface area (Å²) in [6.07, 6.45) is 0.421. The lowest BCUT2D eigenvalue weighted by atomic mass is 10.1. The van der Waals surface area contributed by atoms with Gasteiger partial charge in [-0.3, -0.25) is 4.79 Å². The van der Waals surface area contributed by atoms with Crippen molar-refractivity contribution in [1.82, 2.24) is 19.8 Å². The van der Waals surface area contributed by atoms with E-state index in [2.05, 4.69) is 20.6 Å². The Hall–Kier alpha value is -2.28. The van der Waals surface area contributed by atoms with Crippen molar-refractivity contribution in [2.75, 3.05) is 5.32 Å². The number of aryl methyl sites for hydroxylation is 1. The number of amides is 1. The third kappa shape index (κ3) is 2.16. The first-order valence-corrected chi connectivity index (χ1v) is 7.08. The zero-order chi connectivity index (χ0) is 14.1. The zero-order valence-corrected chi connectivity index (χ0v) is 11.9. The molecule has 20 heavy (non-hydrogen) atoms. The average Bonchev–Trinajstić information content (AvgIpc) is 2.99. The van der Waals surface area contributed by atoms with Crippen molar-refractivity contribution in [3.8, 4) is 11.4 Å². The second-order valence-electron chi connectivity index (χ2n) is 4.34. The summed E-state index contributed by atoms with van der Waals surface area (Å²) in [5.74, 6) is 0.624. The fourth-order valence-electron chi connectivity index (χ4n) is 1.87. The van der Waals surface area contributed by atoms with Crippen LogP contribution in [0.3, 0.4) is 0 Å². The number of nitrogens with one attached hydrogen (secondary N) is 1. The van der Waals surface area contributed by atoms with Crippen LogP contribution in [0.15, 0.2) is 24.3 Å². The summed E-state index contributed by atoms with van der Waals surface area (Å²) < 4.78 is 1.66. The van der Waals surface area contributed by atoms with Gasteiger partial charge in [0.2, 0.25) is 16.0 Å². The van der Waals surface area contributed by atoms with Crippen LogP contribution in [0, 0.1) is 6.92 Å². The molecule has 0 saturated carbocycles. The number of anilines is 1. The summed E-state index contributed by atoms with van der Waals surface area (Å²) >= 11 is 1.31. The van der Waals surface area contributed by atoms with Crippen molar-refractivity contribution < 1.29 is 4.79 Å². The SMILES string of the molecule is CCC(=O)Nc1nn2c(-c3ccccc3C)nnc2s1. The topological polar surface area (TPSA) is 72.2 Å².